The summed E-state index contributed by atoms with van der Waals surface area (Å²) in [7, 11) is 0. The van der Waals surface area contributed by atoms with Crippen LogP contribution in [0, 0.1) is 11.3 Å². The normalized spacial score (nSPS) is 18.6. The molecule has 0 saturated carbocycles. The minimum absolute atomic E-state index is 0.0315. The zero-order valence-corrected chi connectivity index (χ0v) is 11.0. The Morgan fingerprint density at radius 3 is 3.00 bits per heavy atom. The van der Waals surface area contributed by atoms with Crippen LogP contribution in [0.3, 0.4) is 0 Å². The van der Waals surface area contributed by atoms with Crippen molar-refractivity contribution in [3.8, 4) is 11.8 Å². The maximum absolute atomic E-state index is 11.9. The van der Waals surface area contributed by atoms with Gasteiger partial charge in [0, 0.05) is 18.7 Å². The van der Waals surface area contributed by atoms with Gasteiger partial charge in [-0.3, -0.25) is 4.79 Å². The van der Waals surface area contributed by atoms with E-state index in [1.807, 2.05) is 6.07 Å². The number of nitrogens with one attached hydrogen (secondary N) is 1. The fraction of sp³-hybridized carbons (Fsp3) is 0.333. The lowest BCUT2D eigenvalue weighted by molar-refractivity contribution is -0.117. The Bertz CT molecular complexity index is 554. The van der Waals surface area contributed by atoms with Gasteiger partial charge in [0.25, 0.3) is 5.91 Å². The maximum Gasteiger partial charge on any atom is 0.262 e. The minimum atomic E-state index is -0.453. The van der Waals surface area contributed by atoms with Gasteiger partial charge in [0.1, 0.15) is 17.4 Å². The molecule has 0 aromatic heterocycles. The highest BCUT2D eigenvalue weighted by Gasteiger charge is 2.17. The molecule has 1 atom stereocenters. The summed E-state index contributed by atoms with van der Waals surface area (Å²) in [6.07, 6.45) is 3.33. The largest absolute Gasteiger partial charge is 0.507 e. The van der Waals surface area contributed by atoms with Crippen LogP contribution >= 0.6 is 0 Å². The van der Waals surface area contributed by atoms with Crippen molar-refractivity contribution in [2.24, 2.45) is 0 Å². The summed E-state index contributed by atoms with van der Waals surface area (Å²) in [6.45, 7) is 1.12. The monoisotopic (exact) mass is 272 g/mol. The van der Waals surface area contributed by atoms with Gasteiger partial charge in [0.2, 0.25) is 0 Å². The number of ether oxygens (including phenoxy) is 1. The average Bonchev–Trinajstić information content (AvgIpc) is 2.97. The number of benzene rings is 1. The van der Waals surface area contributed by atoms with Crippen LogP contribution in [-0.2, 0) is 9.53 Å². The third-order valence-electron chi connectivity index (χ3n) is 3.12. The second kappa shape index (κ2) is 6.73. The van der Waals surface area contributed by atoms with Crippen LogP contribution in [0.15, 0.2) is 29.8 Å². The molecule has 0 radical (unpaired) electrons. The molecular weight excluding hydrogens is 256 g/mol. The van der Waals surface area contributed by atoms with E-state index in [-0.39, 0.29) is 17.4 Å². The SMILES string of the molecule is N#C/C(=C\c1ccccc1O)C(=O)NC[C@H]1CCCO1. The van der Waals surface area contributed by atoms with Crippen LogP contribution in [0.2, 0.25) is 0 Å². The molecule has 0 spiro atoms. The van der Waals surface area contributed by atoms with Crippen LogP contribution in [0.1, 0.15) is 18.4 Å². The molecule has 1 aromatic rings. The fourth-order valence-corrected chi connectivity index (χ4v) is 2.02. The first kappa shape index (κ1) is 14.1. The first-order chi connectivity index (χ1) is 9.70. The number of nitriles is 1. The standard InChI is InChI=1S/C15H16N2O3/c16-9-12(8-11-4-1-2-6-14(11)18)15(19)17-10-13-5-3-7-20-13/h1-2,4,6,8,13,18H,3,5,7,10H2,(H,17,19)/b12-8+/t13-/m1/s1. The number of phenolic OH excluding ortho intramolecular Hbond substituents is 1. The van der Waals surface area contributed by atoms with Crippen LogP contribution < -0.4 is 5.32 Å². The summed E-state index contributed by atoms with van der Waals surface area (Å²) in [6, 6.07) is 8.40. The number of aromatic hydroxyl groups is 1. The Labute approximate surface area is 117 Å². The minimum Gasteiger partial charge on any atom is -0.507 e. The molecular formula is C15H16N2O3. The molecule has 1 amide bonds. The van der Waals surface area contributed by atoms with Crippen LogP contribution in [-0.4, -0.2) is 30.3 Å². The van der Waals surface area contributed by atoms with Crippen LogP contribution in [0.4, 0.5) is 0 Å². The molecule has 2 rings (SSSR count). The fourth-order valence-electron chi connectivity index (χ4n) is 2.02. The topological polar surface area (TPSA) is 82.3 Å². The zero-order chi connectivity index (χ0) is 14.4. The molecule has 0 bridgehead atoms. The quantitative estimate of drug-likeness (QED) is 0.644. The van der Waals surface area contributed by atoms with E-state index < -0.39 is 5.91 Å². The van der Waals surface area contributed by atoms with E-state index in [1.165, 1.54) is 12.1 Å². The molecule has 1 aromatic carbocycles. The summed E-state index contributed by atoms with van der Waals surface area (Å²) in [4.78, 5) is 11.9. The number of nitrogens with zero attached hydrogens (tertiary/aromatic N) is 1. The first-order valence-electron chi connectivity index (χ1n) is 6.50. The zero-order valence-electron chi connectivity index (χ0n) is 11.0. The second-order valence-corrected chi connectivity index (χ2v) is 4.57. The Hall–Kier alpha value is -2.32. The van der Waals surface area contributed by atoms with E-state index in [4.69, 9.17) is 10.00 Å². The summed E-state index contributed by atoms with van der Waals surface area (Å²) >= 11 is 0. The maximum atomic E-state index is 11.9. The van der Waals surface area contributed by atoms with E-state index in [1.54, 1.807) is 18.2 Å². The highest BCUT2D eigenvalue weighted by Crippen LogP contribution is 2.19. The second-order valence-electron chi connectivity index (χ2n) is 4.57. The van der Waals surface area contributed by atoms with Gasteiger partial charge < -0.3 is 15.2 Å². The van der Waals surface area contributed by atoms with Crippen molar-refractivity contribution in [2.45, 2.75) is 18.9 Å². The summed E-state index contributed by atoms with van der Waals surface area (Å²) in [5.74, 6) is -0.418. The van der Waals surface area contributed by atoms with Crippen LogP contribution in [0.25, 0.3) is 6.08 Å². The molecule has 1 aliphatic heterocycles. The van der Waals surface area contributed by atoms with E-state index >= 15 is 0 Å². The van der Waals surface area contributed by atoms with Gasteiger partial charge in [-0.1, -0.05) is 18.2 Å². The lowest BCUT2D eigenvalue weighted by atomic mass is 10.1. The predicted molar refractivity (Wildman–Crippen MR) is 73.7 cm³/mol. The lowest BCUT2D eigenvalue weighted by Gasteiger charge is -2.10. The summed E-state index contributed by atoms with van der Waals surface area (Å²) < 4.78 is 5.40. The Kier molecular flexibility index (Phi) is 4.75. The lowest BCUT2D eigenvalue weighted by Crippen LogP contribution is -2.32. The Morgan fingerprint density at radius 1 is 1.55 bits per heavy atom. The Morgan fingerprint density at radius 2 is 2.35 bits per heavy atom. The molecule has 5 heteroatoms. The van der Waals surface area contributed by atoms with E-state index in [9.17, 15) is 9.90 Å². The van der Waals surface area contributed by atoms with Gasteiger partial charge in [-0.15, -0.1) is 0 Å². The third kappa shape index (κ3) is 3.59. The van der Waals surface area contributed by atoms with Gasteiger partial charge in [-0.2, -0.15) is 5.26 Å². The number of rotatable bonds is 4. The van der Waals surface area contributed by atoms with Gasteiger partial charge in [0.05, 0.1) is 6.10 Å². The van der Waals surface area contributed by atoms with Gasteiger partial charge in [0.15, 0.2) is 0 Å². The number of hydrogen-bond acceptors (Lipinski definition) is 4. The summed E-state index contributed by atoms with van der Waals surface area (Å²) in [5, 5.41) is 21.4. The molecule has 1 fully saturated rings. The number of carbonyl (C=O) groups excluding carboxylic acids is 1. The average molecular weight is 272 g/mol. The van der Waals surface area contributed by atoms with Gasteiger partial charge >= 0.3 is 0 Å². The molecule has 1 saturated heterocycles. The van der Waals surface area contributed by atoms with Crippen molar-refractivity contribution >= 4 is 12.0 Å². The number of amides is 1. The predicted octanol–water partition coefficient (Wildman–Crippen LogP) is 1.59. The number of phenols is 1. The third-order valence-corrected chi connectivity index (χ3v) is 3.12. The van der Waals surface area contributed by atoms with Crippen molar-refractivity contribution in [3.05, 3.63) is 35.4 Å². The van der Waals surface area contributed by atoms with Crippen molar-refractivity contribution in [3.63, 3.8) is 0 Å². The van der Waals surface area contributed by atoms with E-state index in [2.05, 4.69) is 5.32 Å². The summed E-state index contributed by atoms with van der Waals surface area (Å²) in [5.41, 5.74) is 0.404. The molecule has 1 heterocycles. The molecule has 104 valence electrons. The molecule has 20 heavy (non-hydrogen) atoms. The smallest absolute Gasteiger partial charge is 0.262 e. The van der Waals surface area contributed by atoms with E-state index in [0.29, 0.717) is 12.1 Å². The number of para-hydroxylation sites is 1. The molecule has 0 aliphatic carbocycles. The van der Waals surface area contributed by atoms with Crippen molar-refractivity contribution in [1.29, 1.82) is 5.26 Å². The van der Waals surface area contributed by atoms with Crippen molar-refractivity contribution < 1.29 is 14.6 Å². The van der Waals surface area contributed by atoms with Gasteiger partial charge in [-0.25, -0.2) is 0 Å². The molecule has 2 N–H and O–H groups in total. The van der Waals surface area contributed by atoms with E-state index in [0.717, 1.165) is 19.4 Å². The highest BCUT2D eigenvalue weighted by molar-refractivity contribution is 6.01. The van der Waals surface area contributed by atoms with Gasteiger partial charge in [-0.05, 0) is 25.0 Å². The first-order valence-corrected chi connectivity index (χ1v) is 6.50. The Balaban J connectivity index is 2.02. The van der Waals surface area contributed by atoms with Crippen molar-refractivity contribution in [1.82, 2.24) is 5.32 Å². The number of hydrogen-bond donors (Lipinski definition) is 2. The number of carbonyl (C=O) groups is 1. The van der Waals surface area contributed by atoms with Crippen molar-refractivity contribution in [2.75, 3.05) is 13.2 Å². The molecule has 0 unspecified atom stereocenters. The highest BCUT2D eigenvalue weighted by atomic mass is 16.5. The molecule has 5 nitrogen and oxygen atoms in total. The van der Waals surface area contributed by atoms with Crippen LogP contribution in [0.5, 0.6) is 5.75 Å². The molecule has 1 aliphatic rings.